The molecule has 1 aliphatic heterocycles. The summed E-state index contributed by atoms with van der Waals surface area (Å²) in [6.07, 6.45) is 4.29. The molecule has 1 aliphatic rings. The number of rotatable bonds is 2. The van der Waals surface area contributed by atoms with Crippen molar-refractivity contribution in [2.75, 3.05) is 18.0 Å². The summed E-state index contributed by atoms with van der Waals surface area (Å²) in [5, 5.41) is 11.7. The minimum atomic E-state index is 0.00246. The summed E-state index contributed by atoms with van der Waals surface area (Å²) in [6.45, 7) is 4.06. The Morgan fingerprint density at radius 1 is 1.56 bits per heavy atom. The quantitative estimate of drug-likeness (QED) is 0.327. The number of nitrogens with two attached hydrogens (primary N) is 1. The Morgan fingerprint density at radius 2 is 2.31 bits per heavy atom. The number of hydrogen-bond acceptors (Lipinski definition) is 5. The molecule has 0 aromatic carbocycles. The third-order valence-corrected chi connectivity index (χ3v) is 2.75. The molecule has 1 aromatic rings. The second-order valence-corrected chi connectivity index (χ2v) is 4.05. The van der Waals surface area contributed by atoms with Crippen molar-refractivity contribution in [3.63, 3.8) is 0 Å². The van der Waals surface area contributed by atoms with E-state index in [1.807, 2.05) is 0 Å². The minimum Gasteiger partial charge on any atom is -0.409 e. The van der Waals surface area contributed by atoms with E-state index in [0.29, 0.717) is 17.4 Å². The van der Waals surface area contributed by atoms with Crippen LogP contribution in [0.15, 0.2) is 17.5 Å². The highest BCUT2D eigenvalue weighted by atomic mass is 16.4. The molecule has 1 unspecified atom stereocenters. The van der Waals surface area contributed by atoms with Crippen LogP contribution in [0, 0.1) is 5.92 Å². The van der Waals surface area contributed by atoms with Crippen LogP contribution in [-0.4, -0.2) is 34.1 Å². The SMILES string of the molecule is CC1CCN(c2nccnc2C(N)=NO)C1. The number of aromatic nitrogens is 2. The van der Waals surface area contributed by atoms with Gasteiger partial charge in [-0.1, -0.05) is 12.1 Å². The van der Waals surface area contributed by atoms with Gasteiger partial charge in [-0.2, -0.15) is 0 Å². The molecule has 16 heavy (non-hydrogen) atoms. The Bertz CT molecular complexity index is 406. The van der Waals surface area contributed by atoms with E-state index in [2.05, 4.69) is 26.9 Å². The van der Waals surface area contributed by atoms with Gasteiger partial charge in [0.2, 0.25) is 0 Å². The Labute approximate surface area is 93.8 Å². The summed E-state index contributed by atoms with van der Waals surface area (Å²) < 4.78 is 0. The number of amidine groups is 1. The highest BCUT2D eigenvalue weighted by molar-refractivity contribution is 5.99. The zero-order valence-electron chi connectivity index (χ0n) is 9.17. The Balaban J connectivity index is 2.33. The molecule has 6 heteroatoms. The lowest BCUT2D eigenvalue weighted by Crippen LogP contribution is -2.26. The average molecular weight is 221 g/mol. The molecule has 1 atom stereocenters. The largest absolute Gasteiger partial charge is 0.409 e. The first-order valence-corrected chi connectivity index (χ1v) is 5.26. The van der Waals surface area contributed by atoms with Gasteiger partial charge >= 0.3 is 0 Å². The highest BCUT2D eigenvalue weighted by Crippen LogP contribution is 2.23. The van der Waals surface area contributed by atoms with Crippen molar-refractivity contribution in [2.45, 2.75) is 13.3 Å². The van der Waals surface area contributed by atoms with Gasteiger partial charge in [0.25, 0.3) is 0 Å². The molecule has 0 radical (unpaired) electrons. The molecule has 1 fully saturated rings. The van der Waals surface area contributed by atoms with Crippen LogP contribution in [0.25, 0.3) is 0 Å². The summed E-state index contributed by atoms with van der Waals surface area (Å²) in [4.78, 5) is 10.5. The van der Waals surface area contributed by atoms with Crippen LogP contribution in [-0.2, 0) is 0 Å². The Kier molecular flexibility index (Phi) is 2.89. The molecule has 0 bridgehead atoms. The first-order valence-electron chi connectivity index (χ1n) is 5.26. The zero-order valence-corrected chi connectivity index (χ0v) is 9.17. The number of nitrogens with zero attached hydrogens (tertiary/aromatic N) is 4. The summed E-state index contributed by atoms with van der Waals surface area (Å²) in [5.41, 5.74) is 6.01. The molecule has 86 valence electrons. The first kappa shape index (κ1) is 10.7. The molecule has 3 N–H and O–H groups in total. The topological polar surface area (TPSA) is 87.6 Å². The van der Waals surface area contributed by atoms with Crippen molar-refractivity contribution in [1.82, 2.24) is 9.97 Å². The lowest BCUT2D eigenvalue weighted by Gasteiger charge is -2.18. The van der Waals surface area contributed by atoms with E-state index in [0.717, 1.165) is 19.5 Å². The monoisotopic (exact) mass is 221 g/mol. The summed E-state index contributed by atoms with van der Waals surface area (Å²) in [7, 11) is 0. The van der Waals surface area contributed by atoms with Gasteiger partial charge in [-0.3, -0.25) is 0 Å². The minimum absolute atomic E-state index is 0.00246. The molecular formula is C10H15N5O. The molecule has 0 spiro atoms. The number of hydrogen-bond donors (Lipinski definition) is 2. The van der Waals surface area contributed by atoms with Crippen molar-refractivity contribution >= 4 is 11.7 Å². The number of oxime groups is 1. The van der Waals surface area contributed by atoms with Crippen LogP contribution < -0.4 is 10.6 Å². The predicted octanol–water partition coefficient (Wildman–Crippen LogP) is 0.417. The molecule has 6 nitrogen and oxygen atoms in total. The van der Waals surface area contributed by atoms with Crippen LogP contribution in [0.3, 0.4) is 0 Å². The molecule has 0 aliphatic carbocycles. The molecule has 1 saturated heterocycles. The van der Waals surface area contributed by atoms with E-state index in [-0.39, 0.29) is 5.84 Å². The van der Waals surface area contributed by atoms with Gasteiger partial charge in [-0.05, 0) is 12.3 Å². The van der Waals surface area contributed by atoms with Crippen molar-refractivity contribution in [1.29, 1.82) is 0 Å². The summed E-state index contributed by atoms with van der Waals surface area (Å²) in [5.74, 6) is 1.34. The van der Waals surface area contributed by atoms with Crippen molar-refractivity contribution in [3.05, 3.63) is 18.1 Å². The second kappa shape index (κ2) is 4.34. The van der Waals surface area contributed by atoms with Crippen LogP contribution in [0.4, 0.5) is 5.82 Å². The second-order valence-electron chi connectivity index (χ2n) is 4.05. The maximum atomic E-state index is 8.68. The van der Waals surface area contributed by atoms with Crippen molar-refractivity contribution < 1.29 is 5.21 Å². The van der Waals surface area contributed by atoms with Crippen LogP contribution >= 0.6 is 0 Å². The third kappa shape index (κ3) is 1.91. The van der Waals surface area contributed by atoms with Crippen LogP contribution in [0.2, 0.25) is 0 Å². The highest BCUT2D eigenvalue weighted by Gasteiger charge is 2.23. The first-order chi connectivity index (χ1) is 7.72. The normalized spacial score (nSPS) is 21.4. The van der Waals surface area contributed by atoms with Gasteiger partial charge in [0.15, 0.2) is 17.3 Å². The molecule has 0 amide bonds. The Hall–Kier alpha value is -1.85. The molecule has 2 rings (SSSR count). The lowest BCUT2D eigenvalue weighted by atomic mass is 10.2. The van der Waals surface area contributed by atoms with E-state index >= 15 is 0 Å². The molecule has 2 heterocycles. The Morgan fingerprint density at radius 3 is 2.94 bits per heavy atom. The summed E-state index contributed by atoms with van der Waals surface area (Å²) >= 11 is 0. The fourth-order valence-electron chi connectivity index (χ4n) is 1.92. The van der Waals surface area contributed by atoms with E-state index in [4.69, 9.17) is 10.9 Å². The smallest absolute Gasteiger partial charge is 0.192 e. The fourth-order valence-corrected chi connectivity index (χ4v) is 1.92. The molecular weight excluding hydrogens is 206 g/mol. The average Bonchev–Trinajstić information content (AvgIpc) is 2.75. The maximum absolute atomic E-state index is 8.68. The van der Waals surface area contributed by atoms with E-state index in [1.54, 1.807) is 6.20 Å². The van der Waals surface area contributed by atoms with Crippen LogP contribution in [0.1, 0.15) is 19.0 Å². The molecule has 1 aromatic heterocycles. The van der Waals surface area contributed by atoms with Gasteiger partial charge in [0.05, 0.1) is 0 Å². The molecule has 0 saturated carbocycles. The van der Waals surface area contributed by atoms with Crippen LogP contribution in [0.5, 0.6) is 0 Å². The van der Waals surface area contributed by atoms with Crippen molar-refractivity contribution in [2.24, 2.45) is 16.8 Å². The van der Waals surface area contributed by atoms with E-state index in [9.17, 15) is 0 Å². The maximum Gasteiger partial charge on any atom is 0.192 e. The lowest BCUT2D eigenvalue weighted by molar-refractivity contribution is 0.318. The third-order valence-electron chi connectivity index (χ3n) is 2.75. The number of anilines is 1. The van der Waals surface area contributed by atoms with Crippen molar-refractivity contribution in [3.8, 4) is 0 Å². The van der Waals surface area contributed by atoms with Gasteiger partial charge in [-0.25, -0.2) is 9.97 Å². The van der Waals surface area contributed by atoms with Gasteiger partial charge in [0.1, 0.15) is 0 Å². The predicted molar refractivity (Wildman–Crippen MR) is 60.5 cm³/mol. The fraction of sp³-hybridized carbons (Fsp3) is 0.500. The van der Waals surface area contributed by atoms with E-state index < -0.39 is 0 Å². The summed E-state index contributed by atoms with van der Waals surface area (Å²) in [6, 6.07) is 0. The van der Waals surface area contributed by atoms with Gasteiger partial charge < -0.3 is 15.8 Å². The standard InChI is InChI=1S/C10H15N5O/c1-7-2-5-15(6-7)10-8(9(11)14-16)12-3-4-13-10/h3-4,7,16H,2,5-6H2,1H3,(H2,11,14). The van der Waals surface area contributed by atoms with Gasteiger partial charge in [-0.15, -0.1) is 0 Å². The van der Waals surface area contributed by atoms with E-state index in [1.165, 1.54) is 6.20 Å². The zero-order chi connectivity index (χ0) is 11.5. The van der Waals surface area contributed by atoms with Gasteiger partial charge in [0, 0.05) is 25.5 Å².